The Bertz CT molecular complexity index is 991. The van der Waals surface area contributed by atoms with Crippen LogP contribution in [-0.2, 0) is 4.79 Å². The number of aromatic hydroxyl groups is 1. The highest BCUT2D eigenvalue weighted by atomic mass is 16.3. The summed E-state index contributed by atoms with van der Waals surface area (Å²) < 4.78 is 0. The molecule has 3 aromatic rings. The Labute approximate surface area is 171 Å². The molecule has 0 saturated carbocycles. The number of carbonyl (C=O) groups is 1. The van der Waals surface area contributed by atoms with E-state index in [1.54, 1.807) is 6.07 Å². The normalized spacial score (nSPS) is 14.9. The zero-order valence-corrected chi connectivity index (χ0v) is 16.8. The Hall–Kier alpha value is -3.05. The topological polar surface area (TPSA) is 47.0 Å². The summed E-state index contributed by atoms with van der Waals surface area (Å²) >= 11 is 0. The molecule has 5 heteroatoms. The number of hydrogen-bond acceptors (Lipinski definition) is 4. The van der Waals surface area contributed by atoms with E-state index in [9.17, 15) is 9.90 Å². The van der Waals surface area contributed by atoms with E-state index in [1.807, 2.05) is 54.3 Å². The van der Waals surface area contributed by atoms with E-state index >= 15 is 0 Å². The van der Waals surface area contributed by atoms with Gasteiger partial charge in [0.2, 0.25) is 5.91 Å². The number of benzene rings is 3. The van der Waals surface area contributed by atoms with Crippen molar-refractivity contribution in [3.63, 3.8) is 0 Å². The van der Waals surface area contributed by atoms with Gasteiger partial charge < -0.3 is 14.9 Å². The number of fused-ring (bicyclic) bond motifs is 1. The summed E-state index contributed by atoms with van der Waals surface area (Å²) in [5.74, 6) is 0.435. The van der Waals surface area contributed by atoms with Crippen LogP contribution in [0.1, 0.15) is 6.92 Å². The predicted octanol–water partition coefficient (Wildman–Crippen LogP) is 3.72. The number of rotatable bonds is 5. The van der Waals surface area contributed by atoms with Crippen molar-refractivity contribution in [3.8, 4) is 5.75 Å². The fourth-order valence-electron chi connectivity index (χ4n) is 4.08. The van der Waals surface area contributed by atoms with E-state index in [-0.39, 0.29) is 5.91 Å². The molecule has 0 unspecified atom stereocenters. The van der Waals surface area contributed by atoms with Crippen molar-refractivity contribution in [2.75, 3.05) is 49.1 Å². The summed E-state index contributed by atoms with van der Waals surface area (Å²) in [6, 6.07) is 21.7. The lowest BCUT2D eigenvalue weighted by Crippen LogP contribution is -2.50. The number of nitrogens with zero attached hydrogens (tertiary/aromatic N) is 3. The van der Waals surface area contributed by atoms with E-state index in [0.29, 0.717) is 18.8 Å². The first-order valence-electron chi connectivity index (χ1n) is 10.2. The molecule has 1 aliphatic heterocycles. The monoisotopic (exact) mass is 389 g/mol. The first kappa shape index (κ1) is 19.3. The van der Waals surface area contributed by atoms with Gasteiger partial charge in [0.25, 0.3) is 0 Å². The summed E-state index contributed by atoms with van der Waals surface area (Å²) in [4.78, 5) is 19.4. The van der Waals surface area contributed by atoms with Crippen LogP contribution in [0.2, 0.25) is 0 Å². The highest BCUT2D eigenvalue weighted by Gasteiger charge is 2.23. The number of piperazine rings is 1. The largest absolute Gasteiger partial charge is 0.506 e. The minimum atomic E-state index is 0.125. The van der Waals surface area contributed by atoms with Crippen LogP contribution in [-0.4, -0.2) is 55.2 Å². The van der Waals surface area contributed by atoms with E-state index < -0.39 is 0 Å². The number of likely N-dealkylation sites (N-methyl/N-ethyl adjacent to an activating group) is 1. The van der Waals surface area contributed by atoms with Gasteiger partial charge in [-0.15, -0.1) is 0 Å². The third-order valence-corrected chi connectivity index (χ3v) is 5.63. The quantitative estimate of drug-likeness (QED) is 0.723. The molecule has 5 nitrogen and oxygen atoms in total. The highest BCUT2D eigenvalue weighted by molar-refractivity contribution is 6.04. The fraction of sp³-hybridized carbons (Fsp3) is 0.292. The molecular weight excluding hydrogens is 362 g/mol. The maximum Gasteiger partial charge on any atom is 0.241 e. The standard InChI is InChI=1S/C24H27N3O2/c1-2-27(21-12-7-9-19-8-3-4-10-20(19)21)24(29)18-25-14-16-26(17-15-25)22-11-5-6-13-23(22)28/h3-13,28H,2,14-18H2,1H3. The maximum atomic E-state index is 13.1. The molecule has 150 valence electrons. The Morgan fingerprint density at radius 3 is 2.38 bits per heavy atom. The number of hydrogen-bond donors (Lipinski definition) is 1. The lowest BCUT2D eigenvalue weighted by Gasteiger charge is -2.36. The van der Waals surface area contributed by atoms with Gasteiger partial charge in [-0.1, -0.05) is 48.5 Å². The van der Waals surface area contributed by atoms with Crippen LogP contribution in [0.5, 0.6) is 5.75 Å². The third-order valence-electron chi connectivity index (χ3n) is 5.63. The number of phenols is 1. The van der Waals surface area contributed by atoms with Crippen molar-refractivity contribution in [3.05, 3.63) is 66.7 Å². The van der Waals surface area contributed by atoms with E-state index in [0.717, 1.165) is 48.3 Å². The molecule has 4 rings (SSSR count). The number of anilines is 2. The van der Waals surface area contributed by atoms with E-state index in [4.69, 9.17) is 0 Å². The Balaban J connectivity index is 1.43. The maximum absolute atomic E-state index is 13.1. The van der Waals surface area contributed by atoms with Gasteiger partial charge in [0, 0.05) is 38.1 Å². The van der Waals surface area contributed by atoms with Crippen LogP contribution in [0.3, 0.4) is 0 Å². The summed E-state index contributed by atoms with van der Waals surface area (Å²) in [5.41, 5.74) is 1.84. The minimum absolute atomic E-state index is 0.125. The van der Waals surface area contributed by atoms with Crippen molar-refractivity contribution in [1.29, 1.82) is 0 Å². The second-order valence-electron chi connectivity index (χ2n) is 7.39. The van der Waals surface area contributed by atoms with Crippen LogP contribution in [0, 0.1) is 0 Å². The summed E-state index contributed by atoms with van der Waals surface area (Å²) in [6.07, 6.45) is 0. The summed E-state index contributed by atoms with van der Waals surface area (Å²) in [5, 5.41) is 12.3. The van der Waals surface area contributed by atoms with E-state index in [2.05, 4.69) is 28.0 Å². The molecule has 1 heterocycles. The Kier molecular flexibility index (Phi) is 5.67. The number of carbonyl (C=O) groups excluding carboxylic acids is 1. The smallest absolute Gasteiger partial charge is 0.241 e. The van der Waals surface area contributed by atoms with Gasteiger partial charge in [-0.3, -0.25) is 9.69 Å². The van der Waals surface area contributed by atoms with Crippen molar-refractivity contribution >= 4 is 28.1 Å². The fourth-order valence-corrected chi connectivity index (χ4v) is 4.08. The van der Waals surface area contributed by atoms with E-state index in [1.165, 1.54) is 0 Å². The Morgan fingerprint density at radius 2 is 1.62 bits per heavy atom. The first-order valence-corrected chi connectivity index (χ1v) is 10.2. The predicted molar refractivity (Wildman–Crippen MR) is 119 cm³/mol. The molecule has 1 amide bonds. The van der Waals surface area contributed by atoms with Gasteiger partial charge in [0.1, 0.15) is 5.75 Å². The molecule has 29 heavy (non-hydrogen) atoms. The van der Waals surface area contributed by atoms with Gasteiger partial charge in [0.05, 0.1) is 17.9 Å². The van der Waals surface area contributed by atoms with Crippen LogP contribution < -0.4 is 9.80 Å². The molecule has 0 radical (unpaired) electrons. The molecule has 1 fully saturated rings. The molecule has 0 bridgehead atoms. The van der Waals surface area contributed by atoms with Gasteiger partial charge >= 0.3 is 0 Å². The molecule has 0 aliphatic carbocycles. The SMILES string of the molecule is CCN(C(=O)CN1CCN(c2ccccc2O)CC1)c1cccc2ccccc12. The molecule has 1 saturated heterocycles. The molecule has 1 aliphatic rings. The van der Waals surface area contributed by atoms with Crippen molar-refractivity contribution in [2.24, 2.45) is 0 Å². The number of phenolic OH excluding ortho intramolecular Hbond substituents is 1. The second-order valence-corrected chi connectivity index (χ2v) is 7.39. The zero-order valence-electron chi connectivity index (χ0n) is 16.8. The number of para-hydroxylation sites is 2. The third kappa shape index (κ3) is 4.05. The summed E-state index contributed by atoms with van der Waals surface area (Å²) in [6.45, 7) is 6.27. The molecular formula is C24H27N3O2. The zero-order chi connectivity index (χ0) is 20.2. The summed E-state index contributed by atoms with van der Waals surface area (Å²) in [7, 11) is 0. The van der Waals surface area contributed by atoms with Gasteiger partial charge in [-0.05, 0) is 30.5 Å². The van der Waals surface area contributed by atoms with Crippen LogP contribution >= 0.6 is 0 Å². The number of amides is 1. The minimum Gasteiger partial charge on any atom is -0.506 e. The molecule has 1 N–H and O–H groups in total. The highest BCUT2D eigenvalue weighted by Crippen LogP contribution is 2.28. The second kappa shape index (κ2) is 8.53. The van der Waals surface area contributed by atoms with Crippen molar-refractivity contribution in [1.82, 2.24) is 4.90 Å². The Morgan fingerprint density at radius 1 is 0.931 bits per heavy atom. The average Bonchev–Trinajstić information content (AvgIpc) is 2.75. The molecule has 0 spiro atoms. The van der Waals surface area contributed by atoms with Gasteiger partial charge in [0.15, 0.2) is 0 Å². The van der Waals surface area contributed by atoms with Gasteiger partial charge in [-0.25, -0.2) is 0 Å². The molecule has 0 aromatic heterocycles. The van der Waals surface area contributed by atoms with Crippen LogP contribution in [0.25, 0.3) is 10.8 Å². The first-order chi connectivity index (χ1) is 14.2. The van der Waals surface area contributed by atoms with Crippen molar-refractivity contribution in [2.45, 2.75) is 6.92 Å². The molecule has 3 aromatic carbocycles. The van der Waals surface area contributed by atoms with Crippen molar-refractivity contribution < 1.29 is 9.90 Å². The lowest BCUT2D eigenvalue weighted by molar-refractivity contribution is -0.119. The van der Waals surface area contributed by atoms with Gasteiger partial charge in [-0.2, -0.15) is 0 Å². The average molecular weight is 389 g/mol. The lowest BCUT2D eigenvalue weighted by atomic mass is 10.1. The van der Waals surface area contributed by atoms with Crippen LogP contribution in [0.4, 0.5) is 11.4 Å². The molecule has 0 atom stereocenters. The van der Waals surface area contributed by atoms with Crippen LogP contribution in [0.15, 0.2) is 66.7 Å².